The average molecular weight is 368 g/mol. The molecule has 27 heavy (non-hydrogen) atoms. The van der Waals surface area contributed by atoms with Crippen LogP contribution < -0.4 is 4.90 Å². The first-order valence-electron chi connectivity index (χ1n) is 10.1. The van der Waals surface area contributed by atoms with Crippen LogP contribution in [0.5, 0.6) is 0 Å². The standard InChI is InChI=1S/C21H28N4O2/c1-27-18-7-5-17(6-8-18)25-13-10-21(20(25)26)9-3-12-24(15-21)19-16(14-22)4-2-11-23-19/h2,4,11,17-18H,3,5-10,12-13,15H2,1H3/t17-,18-,21?. The van der Waals surface area contributed by atoms with E-state index in [1.165, 1.54) is 0 Å². The minimum absolute atomic E-state index is 0.305. The molecule has 1 saturated carbocycles. The van der Waals surface area contributed by atoms with Crippen LogP contribution in [0, 0.1) is 16.7 Å². The van der Waals surface area contributed by atoms with Crippen LogP contribution in [-0.2, 0) is 9.53 Å². The molecular weight excluding hydrogens is 340 g/mol. The number of nitriles is 1. The Morgan fingerprint density at radius 3 is 2.81 bits per heavy atom. The van der Waals surface area contributed by atoms with Crippen LogP contribution in [0.1, 0.15) is 50.5 Å². The van der Waals surface area contributed by atoms with E-state index in [-0.39, 0.29) is 5.41 Å². The fourth-order valence-corrected chi connectivity index (χ4v) is 5.22. The van der Waals surface area contributed by atoms with E-state index in [4.69, 9.17) is 4.74 Å². The summed E-state index contributed by atoms with van der Waals surface area (Å²) in [5.41, 5.74) is 0.287. The Kier molecular flexibility index (Phi) is 5.05. The van der Waals surface area contributed by atoms with Crippen LogP contribution in [0.2, 0.25) is 0 Å². The van der Waals surface area contributed by atoms with Crippen LogP contribution in [-0.4, -0.2) is 54.7 Å². The van der Waals surface area contributed by atoms with Gasteiger partial charge < -0.3 is 14.5 Å². The van der Waals surface area contributed by atoms with Crippen LogP contribution >= 0.6 is 0 Å². The highest BCUT2D eigenvalue weighted by molar-refractivity contribution is 5.86. The van der Waals surface area contributed by atoms with Crippen LogP contribution in [0.4, 0.5) is 5.82 Å². The summed E-state index contributed by atoms with van der Waals surface area (Å²) in [6.07, 6.45) is 9.10. The summed E-state index contributed by atoms with van der Waals surface area (Å²) < 4.78 is 5.48. The summed E-state index contributed by atoms with van der Waals surface area (Å²) in [6, 6.07) is 6.20. The molecule has 3 fully saturated rings. The molecule has 1 unspecified atom stereocenters. The first kappa shape index (κ1) is 18.2. The highest BCUT2D eigenvalue weighted by Gasteiger charge is 2.51. The number of methoxy groups -OCH3 is 1. The quantitative estimate of drug-likeness (QED) is 0.820. The Balaban J connectivity index is 1.49. The van der Waals surface area contributed by atoms with Gasteiger partial charge in [0.25, 0.3) is 0 Å². The van der Waals surface area contributed by atoms with Gasteiger partial charge >= 0.3 is 0 Å². The summed E-state index contributed by atoms with van der Waals surface area (Å²) in [5, 5.41) is 9.41. The molecule has 3 heterocycles. The maximum Gasteiger partial charge on any atom is 0.230 e. The van der Waals surface area contributed by atoms with Gasteiger partial charge in [-0.2, -0.15) is 5.26 Å². The highest BCUT2D eigenvalue weighted by atomic mass is 16.5. The molecule has 0 bridgehead atoms. The van der Waals surface area contributed by atoms with Crippen molar-refractivity contribution in [1.82, 2.24) is 9.88 Å². The first-order valence-corrected chi connectivity index (χ1v) is 10.1. The van der Waals surface area contributed by atoms with Gasteiger partial charge in [-0.1, -0.05) is 0 Å². The van der Waals surface area contributed by atoms with Crippen LogP contribution in [0.3, 0.4) is 0 Å². The zero-order chi connectivity index (χ0) is 18.9. The van der Waals surface area contributed by atoms with Crippen molar-refractivity contribution in [1.29, 1.82) is 5.26 Å². The molecular formula is C21H28N4O2. The minimum Gasteiger partial charge on any atom is -0.381 e. The lowest BCUT2D eigenvalue weighted by Gasteiger charge is -2.41. The van der Waals surface area contributed by atoms with Crippen molar-refractivity contribution in [2.45, 2.75) is 57.1 Å². The van der Waals surface area contributed by atoms with E-state index >= 15 is 0 Å². The number of carbonyl (C=O) groups is 1. The third kappa shape index (κ3) is 3.29. The number of carbonyl (C=O) groups excluding carboxylic acids is 1. The molecule has 144 valence electrons. The summed E-state index contributed by atoms with van der Waals surface area (Å²) in [4.78, 5) is 22.2. The summed E-state index contributed by atoms with van der Waals surface area (Å²) in [6.45, 7) is 2.41. The lowest BCUT2D eigenvalue weighted by Crippen LogP contribution is -2.50. The minimum atomic E-state index is -0.305. The lowest BCUT2D eigenvalue weighted by atomic mass is 9.78. The van der Waals surface area contributed by atoms with Crippen molar-refractivity contribution in [2.75, 3.05) is 31.6 Å². The van der Waals surface area contributed by atoms with Crippen molar-refractivity contribution in [3.8, 4) is 6.07 Å². The molecule has 0 N–H and O–H groups in total. The molecule has 1 amide bonds. The predicted molar refractivity (Wildman–Crippen MR) is 102 cm³/mol. The fourth-order valence-electron chi connectivity index (χ4n) is 5.22. The number of likely N-dealkylation sites (tertiary alicyclic amines) is 1. The number of anilines is 1. The molecule has 0 aromatic carbocycles. The number of ether oxygens (including phenoxy) is 1. The normalized spacial score (nSPS) is 31.3. The van der Waals surface area contributed by atoms with Gasteiger partial charge in [0.15, 0.2) is 0 Å². The highest BCUT2D eigenvalue weighted by Crippen LogP contribution is 2.43. The van der Waals surface area contributed by atoms with Gasteiger partial charge in [0.1, 0.15) is 11.9 Å². The van der Waals surface area contributed by atoms with Gasteiger partial charge in [-0.3, -0.25) is 4.79 Å². The van der Waals surface area contributed by atoms with E-state index in [9.17, 15) is 10.1 Å². The number of nitrogens with zero attached hydrogens (tertiary/aromatic N) is 4. The molecule has 2 saturated heterocycles. The van der Waals surface area contributed by atoms with E-state index in [0.29, 0.717) is 30.2 Å². The Labute approximate surface area is 161 Å². The predicted octanol–water partition coefficient (Wildman–Crippen LogP) is 2.73. The van der Waals surface area contributed by atoms with Gasteiger partial charge in [-0.15, -0.1) is 0 Å². The molecule has 4 rings (SSSR count). The second kappa shape index (κ2) is 7.47. The van der Waals surface area contributed by atoms with E-state index in [1.54, 1.807) is 25.4 Å². The summed E-state index contributed by atoms with van der Waals surface area (Å²) in [5.74, 6) is 1.05. The van der Waals surface area contributed by atoms with E-state index < -0.39 is 0 Å². The third-order valence-corrected chi connectivity index (χ3v) is 6.75. The maximum atomic E-state index is 13.4. The number of hydrogen-bond acceptors (Lipinski definition) is 5. The van der Waals surface area contributed by atoms with Gasteiger partial charge in [0, 0.05) is 39.0 Å². The molecule has 6 nitrogen and oxygen atoms in total. The molecule has 1 aliphatic carbocycles. The van der Waals surface area contributed by atoms with Gasteiger partial charge in [0.2, 0.25) is 5.91 Å². The van der Waals surface area contributed by atoms with Crippen LogP contribution in [0.25, 0.3) is 0 Å². The van der Waals surface area contributed by atoms with Crippen molar-refractivity contribution in [3.05, 3.63) is 23.9 Å². The van der Waals surface area contributed by atoms with Gasteiger partial charge in [-0.05, 0) is 57.1 Å². The average Bonchev–Trinajstić information content (AvgIpc) is 3.03. The number of pyridine rings is 1. The molecule has 2 aliphatic heterocycles. The number of amides is 1. The molecule has 1 atom stereocenters. The molecule has 3 aliphatic rings. The second-order valence-electron chi connectivity index (χ2n) is 8.21. The first-order chi connectivity index (χ1) is 13.2. The third-order valence-electron chi connectivity index (χ3n) is 6.75. The monoisotopic (exact) mass is 368 g/mol. The van der Waals surface area contributed by atoms with E-state index in [0.717, 1.165) is 63.9 Å². The fraction of sp³-hybridized carbons (Fsp3) is 0.667. The van der Waals surface area contributed by atoms with Crippen molar-refractivity contribution in [3.63, 3.8) is 0 Å². The van der Waals surface area contributed by atoms with Crippen molar-refractivity contribution >= 4 is 11.7 Å². The van der Waals surface area contributed by atoms with E-state index in [2.05, 4.69) is 20.9 Å². The van der Waals surface area contributed by atoms with Crippen molar-refractivity contribution in [2.24, 2.45) is 5.41 Å². The number of aromatic nitrogens is 1. The Morgan fingerprint density at radius 1 is 1.26 bits per heavy atom. The Bertz CT molecular complexity index is 738. The zero-order valence-electron chi connectivity index (χ0n) is 16.1. The largest absolute Gasteiger partial charge is 0.381 e. The summed E-state index contributed by atoms with van der Waals surface area (Å²) >= 11 is 0. The number of piperidine rings is 1. The number of hydrogen-bond donors (Lipinski definition) is 0. The van der Waals surface area contributed by atoms with Crippen molar-refractivity contribution < 1.29 is 9.53 Å². The molecule has 6 heteroatoms. The van der Waals surface area contributed by atoms with Gasteiger partial charge in [0.05, 0.1) is 17.1 Å². The maximum absolute atomic E-state index is 13.4. The Morgan fingerprint density at radius 2 is 2.07 bits per heavy atom. The lowest BCUT2D eigenvalue weighted by molar-refractivity contribution is -0.139. The van der Waals surface area contributed by atoms with Crippen LogP contribution in [0.15, 0.2) is 18.3 Å². The topological polar surface area (TPSA) is 69.5 Å². The SMILES string of the molecule is CO[C@H]1CC[C@H](N2CCC3(CCCN(c4ncccc4C#N)C3)C2=O)CC1. The Hall–Kier alpha value is -2.13. The molecule has 1 aromatic heterocycles. The molecule has 1 spiro atoms. The number of rotatable bonds is 3. The van der Waals surface area contributed by atoms with Gasteiger partial charge in [-0.25, -0.2) is 4.98 Å². The van der Waals surface area contributed by atoms with E-state index in [1.807, 2.05) is 0 Å². The zero-order valence-corrected chi connectivity index (χ0v) is 16.1. The molecule has 0 radical (unpaired) electrons. The smallest absolute Gasteiger partial charge is 0.230 e. The summed E-state index contributed by atoms with van der Waals surface area (Å²) in [7, 11) is 1.78. The second-order valence-corrected chi connectivity index (χ2v) is 8.21. The molecule has 1 aromatic rings.